The zero-order chi connectivity index (χ0) is 26.2. The molecule has 1 aromatic heterocycles. The average molecular weight is 521 g/mol. The number of aromatic nitrogens is 1. The number of hydrogen-bond acceptors (Lipinski definition) is 5. The number of carbonyl (C=O) groups is 2. The molecule has 2 N–H and O–H groups in total. The Kier molecular flexibility index (Phi) is 6.69. The van der Waals surface area contributed by atoms with E-state index < -0.39 is 23.5 Å². The molecular formula is C29H30F2N4O3. The molecule has 2 heterocycles. The van der Waals surface area contributed by atoms with Gasteiger partial charge >= 0.3 is 0 Å². The number of halogens is 2. The summed E-state index contributed by atoms with van der Waals surface area (Å²) >= 11 is 0. The quantitative estimate of drug-likeness (QED) is 0.467. The van der Waals surface area contributed by atoms with E-state index in [1.165, 1.54) is 30.5 Å². The second kappa shape index (κ2) is 10.3. The highest BCUT2D eigenvalue weighted by molar-refractivity contribution is 5.93. The summed E-state index contributed by atoms with van der Waals surface area (Å²) in [5, 5.41) is 9.98. The van der Waals surface area contributed by atoms with Gasteiger partial charge in [0.2, 0.25) is 11.7 Å². The van der Waals surface area contributed by atoms with Crippen molar-refractivity contribution in [2.75, 3.05) is 19.6 Å². The zero-order valence-electron chi connectivity index (χ0n) is 20.9. The number of rotatable bonds is 8. The predicted octanol–water partition coefficient (Wildman–Crippen LogP) is 4.12. The van der Waals surface area contributed by atoms with Gasteiger partial charge in [-0.2, -0.15) is 0 Å². The van der Waals surface area contributed by atoms with Crippen molar-refractivity contribution in [1.82, 2.24) is 20.7 Å². The summed E-state index contributed by atoms with van der Waals surface area (Å²) in [5.74, 6) is -1.53. The Morgan fingerprint density at radius 1 is 1.00 bits per heavy atom. The molecule has 0 radical (unpaired) electrons. The maximum atomic E-state index is 14.2. The van der Waals surface area contributed by atoms with E-state index in [1.807, 2.05) is 18.2 Å². The van der Waals surface area contributed by atoms with E-state index in [4.69, 9.17) is 4.52 Å². The average Bonchev–Trinajstić information content (AvgIpc) is 3.83. The van der Waals surface area contributed by atoms with E-state index in [9.17, 15) is 18.4 Å². The molecule has 1 saturated heterocycles. The third kappa shape index (κ3) is 5.48. The first kappa shape index (κ1) is 24.7. The number of piperidine rings is 1. The lowest BCUT2D eigenvalue weighted by atomic mass is 9.90. The molecule has 6 rings (SSSR count). The van der Waals surface area contributed by atoms with Crippen molar-refractivity contribution in [3.05, 3.63) is 77.6 Å². The molecule has 0 bridgehead atoms. The summed E-state index contributed by atoms with van der Waals surface area (Å²) in [5.41, 5.74) is 1.36. The largest absolute Gasteiger partial charge is 0.352 e. The normalized spacial score (nSPS) is 25.1. The molecule has 4 atom stereocenters. The van der Waals surface area contributed by atoms with Crippen molar-refractivity contribution in [3.63, 3.8) is 0 Å². The molecule has 3 aromatic rings. The molecule has 3 aliphatic rings. The van der Waals surface area contributed by atoms with Crippen LogP contribution in [-0.4, -0.2) is 53.6 Å². The first-order chi connectivity index (χ1) is 18.4. The summed E-state index contributed by atoms with van der Waals surface area (Å²) in [6.45, 7) is 2.36. The van der Waals surface area contributed by atoms with Gasteiger partial charge in [-0.05, 0) is 49.3 Å². The number of nitrogens with zero attached hydrogens (tertiary/aromatic N) is 2. The number of benzene rings is 2. The molecule has 2 aliphatic carbocycles. The van der Waals surface area contributed by atoms with Crippen LogP contribution in [0.25, 0.3) is 11.3 Å². The third-order valence-corrected chi connectivity index (χ3v) is 7.85. The Balaban J connectivity index is 1.13. The molecule has 2 aromatic carbocycles. The van der Waals surface area contributed by atoms with Crippen LogP contribution in [0.2, 0.25) is 0 Å². The van der Waals surface area contributed by atoms with Gasteiger partial charge in [0.05, 0.1) is 5.92 Å². The fourth-order valence-corrected chi connectivity index (χ4v) is 5.45. The van der Waals surface area contributed by atoms with Gasteiger partial charge in [-0.1, -0.05) is 35.5 Å². The Hall–Kier alpha value is -3.59. The predicted molar refractivity (Wildman–Crippen MR) is 136 cm³/mol. The Morgan fingerprint density at radius 3 is 2.58 bits per heavy atom. The van der Waals surface area contributed by atoms with E-state index in [0.29, 0.717) is 24.8 Å². The molecule has 2 saturated carbocycles. The SMILES string of the molecule is O=C(N[C@@H]1CCN(CC2CC2)C[C@H]1C(=O)N[C@@H]1C[C@H]1c1ccccc1)c1cc(-c2ccc(F)cc2F)no1. The highest BCUT2D eigenvalue weighted by Crippen LogP contribution is 2.41. The lowest BCUT2D eigenvalue weighted by molar-refractivity contribution is -0.127. The summed E-state index contributed by atoms with van der Waals surface area (Å²) in [6, 6.07) is 14.4. The number of amides is 2. The van der Waals surface area contributed by atoms with E-state index in [1.54, 1.807) is 0 Å². The van der Waals surface area contributed by atoms with Crippen LogP contribution in [0.3, 0.4) is 0 Å². The molecular weight excluding hydrogens is 490 g/mol. The molecule has 3 fully saturated rings. The number of carbonyl (C=O) groups excluding carboxylic acids is 2. The van der Waals surface area contributed by atoms with Crippen LogP contribution in [0.1, 0.15) is 47.7 Å². The van der Waals surface area contributed by atoms with Crippen molar-refractivity contribution in [1.29, 1.82) is 0 Å². The molecule has 1 aliphatic heterocycles. The summed E-state index contributed by atoms with van der Waals surface area (Å²) < 4.78 is 32.6. The molecule has 2 amide bonds. The van der Waals surface area contributed by atoms with Gasteiger partial charge in [-0.15, -0.1) is 0 Å². The first-order valence-corrected chi connectivity index (χ1v) is 13.3. The fourth-order valence-electron chi connectivity index (χ4n) is 5.45. The minimum Gasteiger partial charge on any atom is -0.352 e. The topological polar surface area (TPSA) is 87.5 Å². The Morgan fingerprint density at radius 2 is 1.82 bits per heavy atom. The molecule has 7 nitrogen and oxygen atoms in total. The van der Waals surface area contributed by atoms with Crippen LogP contribution >= 0.6 is 0 Å². The van der Waals surface area contributed by atoms with Crippen LogP contribution < -0.4 is 10.6 Å². The third-order valence-electron chi connectivity index (χ3n) is 7.85. The Bertz CT molecular complexity index is 1330. The number of hydrogen-bond donors (Lipinski definition) is 2. The van der Waals surface area contributed by atoms with E-state index in [2.05, 4.69) is 32.8 Å². The molecule has 198 valence electrons. The van der Waals surface area contributed by atoms with Gasteiger partial charge in [0.15, 0.2) is 0 Å². The maximum absolute atomic E-state index is 14.2. The molecule has 0 spiro atoms. The van der Waals surface area contributed by atoms with Crippen LogP contribution in [0.4, 0.5) is 8.78 Å². The first-order valence-electron chi connectivity index (χ1n) is 13.3. The summed E-state index contributed by atoms with van der Waals surface area (Å²) in [4.78, 5) is 28.8. The molecule has 38 heavy (non-hydrogen) atoms. The minimum absolute atomic E-state index is 0.0391. The number of nitrogens with one attached hydrogen (secondary N) is 2. The second-order valence-electron chi connectivity index (χ2n) is 10.7. The van der Waals surface area contributed by atoms with Crippen LogP contribution in [0.5, 0.6) is 0 Å². The van der Waals surface area contributed by atoms with Gasteiger partial charge in [0, 0.05) is 55.3 Å². The van der Waals surface area contributed by atoms with Gasteiger partial charge in [0.25, 0.3) is 5.91 Å². The van der Waals surface area contributed by atoms with Crippen molar-refractivity contribution >= 4 is 11.8 Å². The zero-order valence-corrected chi connectivity index (χ0v) is 20.9. The van der Waals surface area contributed by atoms with Crippen LogP contribution in [0, 0.1) is 23.5 Å². The maximum Gasteiger partial charge on any atom is 0.290 e. The van der Waals surface area contributed by atoms with Gasteiger partial charge in [0.1, 0.15) is 17.3 Å². The van der Waals surface area contributed by atoms with Crippen molar-refractivity contribution in [3.8, 4) is 11.3 Å². The smallest absolute Gasteiger partial charge is 0.290 e. The van der Waals surface area contributed by atoms with Gasteiger partial charge in [-0.25, -0.2) is 8.78 Å². The van der Waals surface area contributed by atoms with E-state index in [-0.39, 0.29) is 35.0 Å². The fraction of sp³-hybridized carbons (Fsp3) is 0.414. The van der Waals surface area contributed by atoms with Crippen LogP contribution in [0.15, 0.2) is 59.1 Å². The van der Waals surface area contributed by atoms with Crippen LogP contribution in [-0.2, 0) is 4.79 Å². The molecule has 9 heteroatoms. The summed E-state index contributed by atoms with van der Waals surface area (Å²) in [7, 11) is 0. The van der Waals surface area contributed by atoms with Crippen molar-refractivity contribution in [2.45, 2.75) is 43.7 Å². The van der Waals surface area contributed by atoms with Gasteiger partial charge < -0.3 is 20.1 Å². The van der Waals surface area contributed by atoms with Crippen molar-refractivity contribution < 1.29 is 22.9 Å². The highest BCUT2D eigenvalue weighted by Gasteiger charge is 2.43. The number of likely N-dealkylation sites (tertiary alicyclic amines) is 1. The minimum atomic E-state index is -0.793. The van der Waals surface area contributed by atoms with Gasteiger partial charge in [-0.3, -0.25) is 9.59 Å². The highest BCUT2D eigenvalue weighted by atomic mass is 19.1. The second-order valence-corrected chi connectivity index (χ2v) is 10.7. The summed E-state index contributed by atoms with van der Waals surface area (Å²) in [6.07, 6.45) is 4.01. The lowest BCUT2D eigenvalue weighted by Crippen LogP contribution is -2.56. The standard InChI is InChI=1S/C29H30F2N4O3/c30-19-8-9-20(23(31)12-19)26-14-27(38-34-26)29(37)32-24-10-11-35(15-17-6-7-17)16-22(24)28(36)33-25-13-21(25)18-4-2-1-3-5-18/h1-5,8-9,12,14,17,21-22,24-25H,6-7,10-11,13,15-16H2,(H,32,37)(H,33,36)/t21-,22+,24+,25+/m0/s1. The van der Waals surface area contributed by atoms with E-state index >= 15 is 0 Å². The monoisotopic (exact) mass is 520 g/mol. The van der Waals surface area contributed by atoms with Crippen molar-refractivity contribution in [2.24, 2.45) is 11.8 Å². The van der Waals surface area contributed by atoms with E-state index in [0.717, 1.165) is 31.6 Å². The Labute approximate surface area is 219 Å². The molecule has 0 unspecified atom stereocenters. The lowest BCUT2D eigenvalue weighted by Gasteiger charge is -2.38.